The molecular formula is C20H21ClN2O7S. The van der Waals surface area contributed by atoms with Gasteiger partial charge in [-0.05, 0) is 30.3 Å². The Morgan fingerprint density at radius 3 is 2.39 bits per heavy atom. The van der Waals surface area contributed by atoms with Gasteiger partial charge in [-0.25, -0.2) is 18.0 Å². The number of sulfonamides is 1. The first kappa shape index (κ1) is 22.9. The summed E-state index contributed by atoms with van der Waals surface area (Å²) in [5, 5.41) is 0.360. The second-order valence-electron chi connectivity index (χ2n) is 6.54. The Morgan fingerprint density at radius 1 is 1.06 bits per heavy atom. The van der Waals surface area contributed by atoms with Crippen LogP contribution in [-0.4, -0.2) is 60.9 Å². The zero-order chi connectivity index (χ0) is 22.6. The third kappa shape index (κ3) is 4.92. The number of carbonyl (C=O) groups is 2. The molecule has 0 atom stereocenters. The molecule has 0 aliphatic carbocycles. The van der Waals surface area contributed by atoms with Crippen molar-refractivity contribution in [2.24, 2.45) is 0 Å². The number of nitrogens with one attached hydrogen (secondary N) is 1. The van der Waals surface area contributed by atoms with Gasteiger partial charge in [-0.15, -0.1) is 0 Å². The molecule has 0 radical (unpaired) electrons. The Hall–Kier alpha value is -2.82. The summed E-state index contributed by atoms with van der Waals surface area (Å²) in [7, 11) is -2.01. The van der Waals surface area contributed by atoms with E-state index < -0.39 is 26.9 Å². The molecule has 1 saturated heterocycles. The van der Waals surface area contributed by atoms with Crippen molar-refractivity contribution < 1.29 is 32.2 Å². The fourth-order valence-electron chi connectivity index (χ4n) is 3.17. The lowest BCUT2D eigenvalue weighted by Crippen LogP contribution is -2.37. The van der Waals surface area contributed by atoms with Crippen molar-refractivity contribution >= 4 is 44.9 Å². The Balaban J connectivity index is 2.08. The Labute approximate surface area is 184 Å². The molecule has 1 fully saturated rings. The van der Waals surface area contributed by atoms with Crippen LogP contribution in [0.2, 0.25) is 5.02 Å². The topological polar surface area (TPSA) is 111 Å². The quantitative estimate of drug-likeness (QED) is 0.644. The molecule has 0 bridgehead atoms. The molecule has 0 spiro atoms. The van der Waals surface area contributed by atoms with Crippen LogP contribution in [0.5, 0.6) is 0 Å². The van der Waals surface area contributed by atoms with E-state index in [9.17, 15) is 18.0 Å². The molecule has 2 aromatic carbocycles. The summed E-state index contributed by atoms with van der Waals surface area (Å²) in [6.07, 6.45) is 0. The first-order valence-corrected chi connectivity index (χ1v) is 11.1. The number of halogens is 1. The highest BCUT2D eigenvalue weighted by Gasteiger charge is 2.27. The van der Waals surface area contributed by atoms with Gasteiger partial charge in [0.25, 0.3) is 10.0 Å². The second-order valence-corrected chi connectivity index (χ2v) is 8.59. The minimum absolute atomic E-state index is 0.0324. The molecule has 9 nitrogen and oxygen atoms in total. The van der Waals surface area contributed by atoms with E-state index in [0.717, 1.165) is 13.2 Å². The fraction of sp³-hybridized carbons (Fsp3) is 0.300. The number of benzene rings is 2. The minimum atomic E-state index is -4.32. The van der Waals surface area contributed by atoms with E-state index in [1.165, 1.54) is 19.2 Å². The number of rotatable bonds is 6. The highest BCUT2D eigenvalue weighted by molar-refractivity contribution is 7.92. The zero-order valence-electron chi connectivity index (χ0n) is 16.9. The highest BCUT2D eigenvalue weighted by Crippen LogP contribution is 2.36. The van der Waals surface area contributed by atoms with Gasteiger partial charge in [0.1, 0.15) is 4.90 Å². The van der Waals surface area contributed by atoms with Gasteiger partial charge in [-0.1, -0.05) is 17.7 Å². The van der Waals surface area contributed by atoms with Gasteiger partial charge in [-0.3, -0.25) is 4.72 Å². The fourth-order valence-corrected chi connectivity index (χ4v) is 4.76. The standard InChI is InChI=1S/C20H21ClN2O7S/c1-28-19(24)13-6-7-14(20(25)29-2)17(12-13)31(26,27)22-16-5-3-4-15(21)18(16)23-8-10-30-11-9-23/h3-7,12,22H,8-11H2,1-2H3. The molecule has 1 aliphatic rings. The molecule has 0 aromatic heterocycles. The lowest BCUT2D eigenvalue weighted by Gasteiger charge is -2.31. The summed E-state index contributed by atoms with van der Waals surface area (Å²) < 4.78 is 43.8. The van der Waals surface area contributed by atoms with E-state index in [0.29, 0.717) is 37.0 Å². The van der Waals surface area contributed by atoms with Gasteiger partial charge in [0.15, 0.2) is 0 Å². The van der Waals surface area contributed by atoms with Crippen molar-refractivity contribution in [1.29, 1.82) is 0 Å². The van der Waals surface area contributed by atoms with E-state index >= 15 is 0 Å². The van der Waals surface area contributed by atoms with E-state index in [1.54, 1.807) is 18.2 Å². The van der Waals surface area contributed by atoms with Gasteiger partial charge in [0.2, 0.25) is 0 Å². The first-order chi connectivity index (χ1) is 14.8. The van der Waals surface area contributed by atoms with Crippen LogP contribution < -0.4 is 9.62 Å². The van der Waals surface area contributed by atoms with Crippen LogP contribution >= 0.6 is 11.6 Å². The van der Waals surface area contributed by atoms with Crippen molar-refractivity contribution in [3.8, 4) is 0 Å². The van der Waals surface area contributed by atoms with Crippen LogP contribution in [0, 0.1) is 0 Å². The smallest absolute Gasteiger partial charge is 0.339 e. The average Bonchev–Trinajstić information content (AvgIpc) is 2.78. The lowest BCUT2D eigenvalue weighted by atomic mass is 10.1. The number of ether oxygens (including phenoxy) is 3. The number of anilines is 2. The van der Waals surface area contributed by atoms with Crippen LogP contribution in [-0.2, 0) is 24.2 Å². The summed E-state index contributed by atoms with van der Waals surface area (Å²) in [6, 6.07) is 8.39. The number of morpholine rings is 1. The summed E-state index contributed by atoms with van der Waals surface area (Å²) in [6.45, 7) is 2.02. The van der Waals surface area contributed by atoms with Crippen LogP contribution in [0.25, 0.3) is 0 Å². The molecule has 0 amide bonds. The first-order valence-electron chi connectivity index (χ1n) is 9.23. The highest BCUT2D eigenvalue weighted by atomic mass is 35.5. The van der Waals surface area contributed by atoms with E-state index in [4.69, 9.17) is 21.1 Å². The van der Waals surface area contributed by atoms with Gasteiger partial charge < -0.3 is 19.1 Å². The Kier molecular flexibility index (Phi) is 7.04. The number of nitrogens with zero attached hydrogens (tertiary/aromatic N) is 1. The third-order valence-electron chi connectivity index (χ3n) is 4.66. The SMILES string of the molecule is COC(=O)c1ccc(C(=O)OC)c(S(=O)(=O)Nc2cccc(Cl)c2N2CCOCC2)c1. The largest absolute Gasteiger partial charge is 0.465 e. The molecule has 0 unspecified atom stereocenters. The van der Waals surface area contributed by atoms with Crippen molar-refractivity contribution in [3.05, 3.63) is 52.5 Å². The zero-order valence-corrected chi connectivity index (χ0v) is 18.5. The molecule has 1 heterocycles. The second kappa shape index (κ2) is 9.54. The average molecular weight is 469 g/mol. The lowest BCUT2D eigenvalue weighted by molar-refractivity contribution is 0.0583. The molecule has 11 heteroatoms. The molecule has 1 aliphatic heterocycles. The molecule has 0 saturated carbocycles. The molecule has 3 rings (SSSR count). The van der Waals surface area contributed by atoms with Gasteiger partial charge in [0, 0.05) is 13.1 Å². The number of hydrogen-bond acceptors (Lipinski definition) is 8. The monoisotopic (exact) mass is 468 g/mol. The van der Waals surface area contributed by atoms with Crippen LogP contribution in [0.4, 0.5) is 11.4 Å². The summed E-state index contributed by atoms with van der Waals surface area (Å²) in [5.74, 6) is -1.61. The van der Waals surface area contributed by atoms with E-state index in [1.807, 2.05) is 4.90 Å². The van der Waals surface area contributed by atoms with E-state index in [-0.39, 0.29) is 16.8 Å². The summed E-state index contributed by atoms with van der Waals surface area (Å²) in [5.41, 5.74) is 0.473. The Morgan fingerprint density at radius 2 is 1.74 bits per heavy atom. The molecule has 1 N–H and O–H groups in total. The minimum Gasteiger partial charge on any atom is -0.465 e. The summed E-state index contributed by atoms with van der Waals surface area (Å²) >= 11 is 6.37. The van der Waals surface area contributed by atoms with Crippen molar-refractivity contribution in [2.75, 3.05) is 50.1 Å². The predicted octanol–water partition coefficient (Wildman–Crippen LogP) is 2.55. The third-order valence-corrected chi connectivity index (χ3v) is 6.37. The number of methoxy groups -OCH3 is 2. The van der Waals surface area contributed by atoms with Crippen LogP contribution in [0.1, 0.15) is 20.7 Å². The van der Waals surface area contributed by atoms with Gasteiger partial charge in [-0.2, -0.15) is 0 Å². The number of hydrogen-bond donors (Lipinski definition) is 1. The van der Waals surface area contributed by atoms with E-state index in [2.05, 4.69) is 9.46 Å². The van der Waals surface area contributed by atoms with Crippen molar-refractivity contribution in [1.82, 2.24) is 0 Å². The molecule has 2 aromatic rings. The maximum absolute atomic E-state index is 13.3. The number of esters is 2. The summed E-state index contributed by atoms with van der Waals surface area (Å²) in [4.78, 5) is 25.6. The maximum atomic E-state index is 13.3. The van der Waals surface area contributed by atoms with Gasteiger partial charge >= 0.3 is 11.9 Å². The van der Waals surface area contributed by atoms with Crippen LogP contribution in [0.3, 0.4) is 0 Å². The number of carbonyl (C=O) groups excluding carboxylic acids is 2. The maximum Gasteiger partial charge on any atom is 0.339 e. The molecule has 31 heavy (non-hydrogen) atoms. The van der Waals surface area contributed by atoms with Crippen LogP contribution in [0.15, 0.2) is 41.3 Å². The van der Waals surface area contributed by atoms with Gasteiger partial charge in [0.05, 0.1) is 55.0 Å². The predicted molar refractivity (Wildman–Crippen MR) is 114 cm³/mol. The normalized spacial score (nSPS) is 14.1. The van der Waals surface area contributed by atoms with Crippen molar-refractivity contribution in [2.45, 2.75) is 4.90 Å². The Bertz CT molecular complexity index is 1100. The van der Waals surface area contributed by atoms with Crippen molar-refractivity contribution in [3.63, 3.8) is 0 Å². The molecular weight excluding hydrogens is 448 g/mol. The molecule has 166 valence electrons. The number of para-hydroxylation sites is 1.